The summed E-state index contributed by atoms with van der Waals surface area (Å²) >= 11 is 0. The van der Waals surface area contributed by atoms with E-state index in [0.29, 0.717) is 0 Å². The Morgan fingerprint density at radius 2 is 1.77 bits per heavy atom. The van der Waals surface area contributed by atoms with Gasteiger partial charge in [-0.15, -0.1) is 0 Å². The molecule has 1 fully saturated rings. The summed E-state index contributed by atoms with van der Waals surface area (Å²) in [6.07, 6.45) is 4.04. The zero-order valence-electron chi connectivity index (χ0n) is 15.1. The highest BCUT2D eigenvalue weighted by Gasteiger charge is 2.08. The molecule has 2 aromatic rings. The number of para-hydroxylation sites is 1. The molecule has 0 aliphatic carbocycles. The SMILES string of the molecule is C(=NNc1ccccc1)c1ccc(OCCCCN2CCOCC2)cc1. The lowest BCUT2D eigenvalue weighted by Gasteiger charge is -2.26. The number of hydrazone groups is 1. The number of rotatable bonds is 9. The lowest BCUT2D eigenvalue weighted by molar-refractivity contribution is 0.0368. The predicted molar refractivity (Wildman–Crippen MR) is 106 cm³/mol. The topological polar surface area (TPSA) is 46.1 Å². The molecule has 0 bridgehead atoms. The van der Waals surface area contributed by atoms with E-state index in [1.54, 1.807) is 6.21 Å². The molecule has 0 amide bonds. The molecule has 5 heteroatoms. The van der Waals surface area contributed by atoms with Gasteiger partial charge in [0.25, 0.3) is 0 Å². The van der Waals surface area contributed by atoms with Gasteiger partial charge in [0, 0.05) is 13.1 Å². The number of unbranched alkanes of at least 4 members (excludes halogenated alkanes) is 1. The van der Waals surface area contributed by atoms with Gasteiger partial charge in [-0.25, -0.2) is 0 Å². The molecule has 0 saturated carbocycles. The minimum absolute atomic E-state index is 0.757. The molecule has 2 aromatic carbocycles. The van der Waals surface area contributed by atoms with Gasteiger partial charge in [0.15, 0.2) is 0 Å². The predicted octanol–water partition coefficient (Wildman–Crippen LogP) is 3.62. The van der Waals surface area contributed by atoms with Crippen molar-refractivity contribution in [3.8, 4) is 5.75 Å². The second-order valence-corrected chi connectivity index (χ2v) is 6.31. The first kappa shape index (κ1) is 18.4. The average Bonchev–Trinajstić information content (AvgIpc) is 2.70. The molecule has 5 nitrogen and oxygen atoms in total. The Morgan fingerprint density at radius 3 is 2.54 bits per heavy atom. The van der Waals surface area contributed by atoms with Crippen molar-refractivity contribution in [3.63, 3.8) is 0 Å². The maximum absolute atomic E-state index is 5.82. The third-order valence-corrected chi connectivity index (χ3v) is 4.30. The Morgan fingerprint density at radius 1 is 1.00 bits per heavy atom. The number of morpholine rings is 1. The Labute approximate surface area is 155 Å². The number of nitrogens with zero attached hydrogens (tertiary/aromatic N) is 2. The first-order valence-corrected chi connectivity index (χ1v) is 9.27. The third-order valence-electron chi connectivity index (χ3n) is 4.30. The van der Waals surface area contributed by atoms with Crippen molar-refractivity contribution in [2.75, 3.05) is 44.9 Å². The van der Waals surface area contributed by atoms with Crippen LogP contribution in [-0.4, -0.2) is 50.6 Å². The normalized spacial score (nSPS) is 15.2. The van der Waals surface area contributed by atoms with Gasteiger partial charge >= 0.3 is 0 Å². The molecule has 138 valence electrons. The van der Waals surface area contributed by atoms with Crippen LogP contribution in [0.2, 0.25) is 0 Å². The average molecular weight is 353 g/mol. The number of hydrogen-bond acceptors (Lipinski definition) is 5. The van der Waals surface area contributed by atoms with Crippen molar-refractivity contribution in [2.24, 2.45) is 5.10 Å². The molecule has 1 N–H and O–H groups in total. The van der Waals surface area contributed by atoms with Gasteiger partial charge in [0.2, 0.25) is 0 Å². The standard InChI is InChI=1S/C21H27N3O2/c1-2-6-20(7-3-1)23-22-18-19-8-10-21(11-9-19)26-15-5-4-12-24-13-16-25-17-14-24/h1-3,6-11,18,23H,4-5,12-17H2. The Kier molecular flexibility index (Phi) is 7.50. The monoisotopic (exact) mass is 353 g/mol. The Hall–Kier alpha value is -2.37. The zero-order valence-corrected chi connectivity index (χ0v) is 15.1. The van der Waals surface area contributed by atoms with E-state index < -0.39 is 0 Å². The molecular weight excluding hydrogens is 326 g/mol. The fourth-order valence-corrected chi connectivity index (χ4v) is 2.80. The molecule has 0 unspecified atom stereocenters. The van der Waals surface area contributed by atoms with E-state index in [0.717, 1.165) is 69.3 Å². The summed E-state index contributed by atoms with van der Waals surface area (Å²) in [4.78, 5) is 2.46. The van der Waals surface area contributed by atoms with Gasteiger partial charge in [-0.3, -0.25) is 10.3 Å². The molecule has 1 aliphatic heterocycles. The molecule has 1 aliphatic rings. The van der Waals surface area contributed by atoms with Crippen LogP contribution in [0.4, 0.5) is 5.69 Å². The number of benzene rings is 2. The van der Waals surface area contributed by atoms with Crippen LogP contribution in [0.15, 0.2) is 59.7 Å². The number of hydrogen-bond donors (Lipinski definition) is 1. The van der Waals surface area contributed by atoms with Crippen LogP contribution in [0, 0.1) is 0 Å². The smallest absolute Gasteiger partial charge is 0.119 e. The number of ether oxygens (including phenoxy) is 2. The van der Waals surface area contributed by atoms with E-state index in [9.17, 15) is 0 Å². The van der Waals surface area contributed by atoms with Crippen LogP contribution in [-0.2, 0) is 4.74 Å². The van der Waals surface area contributed by atoms with Gasteiger partial charge in [-0.2, -0.15) is 5.10 Å². The highest BCUT2D eigenvalue weighted by Crippen LogP contribution is 2.12. The molecule has 0 atom stereocenters. The van der Waals surface area contributed by atoms with Crippen molar-refractivity contribution in [2.45, 2.75) is 12.8 Å². The molecule has 0 radical (unpaired) electrons. The summed E-state index contributed by atoms with van der Waals surface area (Å²) in [5, 5.41) is 4.24. The van der Waals surface area contributed by atoms with Crippen molar-refractivity contribution >= 4 is 11.9 Å². The highest BCUT2D eigenvalue weighted by molar-refractivity contribution is 5.80. The van der Waals surface area contributed by atoms with Gasteiger partial charge in [0.1, 0.15) is 5.75 Å². The molecule has 1 heterocycles. The molecule has 0 spiro atoms. The highest BCUT2D eigenvalue weighted by atomic mass is 16.5. The second-order valence-electron chi connectivity index (χ2n) is 6.31. The summed E-state index contributed by atoms with van der Waals surface area (Å²) in [6, 6.07) is 17.9. The van der Waals surface area contributed by atoms with Gasteiger partial charge in [-0.1, -0.05) is 18.2 Å². The summed E-state index contributed by atoms with van der Waals surface area (Å²) in [5.41, 5.74) is 5.02. The van der Waals surface area contributed by atoms with Crippen molar-refractivity contribution < 1.29 is 9.47 Å². The van der Waals surface area contributed by atoms with Gasteiger partial charge in [0.05, 0.1) is 31.7 Å². The van der Waals surface area contributed by atoms with E-state index in [1.807, 2.05) is 54.6 Å². The van der Waals surface area contributed by atoms with Crippen molar-refractivity contribution in [3.05, 3.63) is 60.2 Å². The van der Waals surface area contributed by atoms with Gasteiger partial charge < -0.3 is 9.47 Å². The van der Waals surface area contributed by atoms with Crippen molar-refractivity contribution in [1.82, 2.24) is 4.90 Å². The fourth-order valence-electron chi connectivity index (χ4n) is 2.80. The van der Waals surface area contributed by atoms with Crippen LogP contribution in [0.3, 0.4) is 0 Å². The third kappa shape index (κ3) is 6.50. The van der Waals surface area contributed by atoms with Crippen LogP contribution in [0.5, 0.6) is 5.75 Å². The number of anilines is 1. The van der Waals surface area contributed by atoms with Crippen LogP contribution in [0.25, 0.3) is 0 Å². The maximum atomic E-state index is 5.82. The lowest BCUT2D eigenvalue weighted by atomic mass is 10.2. The van der Waals surface area contributed by atoms with Gasteiger partial charge in [-0.05, 0) is 61.3 Å². The minimum Gasteiger partial charge on any atom is -0.494 e. The molecule has 0 aromatic heterocycles. The lowest BCUT2D eigenvalue weighted by Crippen LogP contribution is -2.36. The minimum atomic E-state index is 0.757. The largest absolute Gasteiger partial charge is 0.494 e. The Balaban J connectivity index is 1.32. The molecule has 1 saturated heterocycles. The van der Waals surface area contributed by atoms with E-state index >= 15 is 0 Å². The quantitative estimate of drug-likeness (QED) is 0.425. The molecule has 26 heavy (non-hydrogen) atoms. The Bertz CT molecular complexity index is 653. The summed E-state index contributed by atoms with van der Waals surface area (Å²) in [6.45, 7) is 5.75. The summed E-state index contributed by atoms with van der Waals surface area (Å²) in [7, 11) is 0. The van der Waals surface area contributed by atoms with Crippen molar-refractivity contribution in [1.29, 1.82) is 0 Å². The first-order valence-electron chi connectivity index (χ1n) is 9.27. The van der Waals surface area contributed by atoms with Crippen LogP contribution in [0.1, 0.15) is 18.4 Å². The van der Waals surface area contributed by atoms with E-state index in [4.69, 9.17) is 9.47 Å². The fraction of sp³-hybridized carbons (Fsp3) is 0.381. The van der Waals surface area contributed by atoms with E-state index in [1.165, 1.54) is 0 Å². The first-order chi connectivity index (χ1) is 12.9. The molecule has 3 rings (SSSR count). The summed E-state index contributed by atoms with van der Waals surface area (Å²) < 4.78 is 11.2. The molecular formula is C21H27N3O2. The zero-order chi connectivity index (χ0) is 17.9. The second kappa shape index (κ2) is 10.6. The number of nitrogens with one attached hydrogen (secondary N) is 1. The summed E-state index contributed by atoms with van der Waals surface area (Å²) in [5.74, 6) is 0.907. The van der Waals surface area contributed by atoms with Crippen LogP contribution >= 0.6 is 0 Å². The van der Waals surface area contributed by atoms with E-state index in [-0.39, 0.29) is 0 Å². The maximum Gasteiger partial charge on any atom is 0.119 e. The van der Waals surface area contributed by atoms with E-state index in [2.05, 4.69) is 15.4 Å². The van der Waals surface area contributed by atoms with Crippen LogP contribution < -0.4 is 10.2 Å².